The normalized spacial score (nSPS) is 22.5. The molecule has 0 aliphatic carbocycles. The highest BCUT2D eigenvalue weighted by Gasteiger charge is 2.40. The zero-order valence-electron chi connectivity index (χ0n) is 12.2. The molecule has 18 heavy (non-hydrogen) atoms. The highest BCUT2D eigenvalue weighted by Crippen LogP contribution is 2.37. The molecule has 0 aromatic heterocycles. The number of hydrogen-bond donors (Lipinski definition) is 1. The van der Waals surface area contributed by atoms with E-state index in [1.54, 1.807) is 0 Å². The molecule has 1 unspecified atom stereocenters. The van der Waals surface area contributed by atoms with E-state index in [1.807, 2.05) is 0 Å². The Bertz CT molecular complexity index is 401. The zero-order valence-corrected chi connectivity index (χ0v) is 12.2. The van der Waals surface area contributed by atoms with Gasteiger partial charge in [-0.3, -0.25) is 0 Å². The van der Waals surface area contributed by atoms with Crippen LogP contribution in [0.2, 0.25) is 0 Å². The largest absolute Gasteiger partial charge is 0.364 e. The third-order valence-electron chi connectivity index (χ3n) is 4.50. The molecular weight excluding hydrogens is 220 g/mol. The van der Waals surface area contributed by atoms with Gasteiger partial charge in [-0.2, -0.15) is 0 Å². The standard InChI is InChI=1S/C16H26N2/c1-5-12-8-7-9-13(6-2)15(12)18-11-10-14(17)16(18,3)4/h7-9,14H,5-6,10-11,17H2,1-4H3. The quantitative estimate of drug-likeness (QED) is 0.888. The summed E-state index contributed by atoms with van der Waals surface area (Å²) in [7, 11) is 0. The number of hydrogen-bond acceptors (Lipinski definition) is 2. The van der Waals surface area contributed by atoms with Crippen molar-refractivity contribution < 1.29 is 0 Å². The smallest absolute Gasteiger partial charge is 0.0497 e. The summed E-state index contributed by atoms with van der Waals surface area (Å²) in [6.45, 7) is 10.1. The van der Waals surface area contributed by atoms with Crippen LogP contribution in [0.5, 0.6) is 0 Å². The molecule has 1 atom stereocenters. The van der Waals surface area contributed by atoms with Crippen LogP contribution in [-0.4, -0.2) is 18.1 Å². The van der Waals surface area contributed by atoms with E-state index in [-0.39, 0.29) is 11.6 Å². The summed E-state index contributed by atoms with van der Waals surface area (Å²) in [4.78, 5) is 2.54. The number of benzene rings is 1. The second-order valence-electron chi connectivity index (χ2n) is 5.83. The molecule has 2 rings (SSSR count). The highest BCUT2D eigenvalue weighted by atomic mass is 15.2. The van der Waals surface area contributed by atoms with E-state index in [2.05, 4.69) is 50.8 Å². The molecule has 2 nitrogen and oxygen atoms in total. The minimum atomic E-state index is 0.0647. The lowest BCUT2D eigenvalue weighted by Gasteiger charge is -2.38. The van der Waals surface area contributed by atoms with Crippen molar-refractivity contribution in [3.8, 4) is 0 Å². The van der Waals surface area contributed by atoms with Crippen LogP contribution in [0.25, 0.3) is 0 Å². The summed E-state index contributed by atoms with van der Waals surface area (Å²) < 4.78 is 0. The van der Waals surface area contributed by atoms with Crippen molar-refractivity contribution in [1.82, 2.24) is 0 Å². The number of nitrogens with zero attached hydrogens (tertiary/aromatic N) is 1. The Balaban J connectivity index is 2.50. The molecule has 1 heterocycles. The second kappa shape index (κ2) is 4.93. The van der Waals surface area contributed by atoms with Crippen molar-refractivity contribution in [3.05, 3.63) is 29.3 Å². The van der Waals surface area contributed by atoms with Gasteiger partial charge in [-0.05, 0) is 44.2 Å². The fourth-order valence-electron chi connectivity index (χ4n) is 3.07. The first kappa shape index (κ1) is 13.4. The summed E-state index contributed by atoms with van der Waals surface area (Å²) in [5, 5.41) is 0. The van der Waals surface area contributed by atoms with Gasteiger partial charge in [0.15, 0.2) is 0 Å². The molecule has 0 saturated carbocycles. The molecular formula is C16H26N2. The zero-order chi connectivity index (χ0) is 13.3. The lowest BCUT2D eigenvalue weighted by atomic mass is 9.94. The first-order valence-corrected chi connectivity index (χ1v) is 7.16. The van der Waals surface area contributed by atoms with E-state index in [1.165, 1.54) is 16.8 Å². The van der Waals surface area contributed by atoms with Crippen LogP contribution in [0, 0.1) is 0 Å². The van der Waals surface area contributed by atoms with Crippen molar-refractivity contribution in [2.75, 3.05) is 11.4 Å². The molecule has 0 bridgehead atoms. The first-order valence-electron chi connectivity index (χ1n) is 7.16. The van der Waals surface area contributed by atoms with Crippen LogP contribution >= 0.6 is 0 Å². The van der Waals surface area contributed by atoms with Crippen LogP contribution in [0.3, 0.4) is 0 Å². The van der Waals surface area contributed by atoms with Gasteiger partial charge in [0.25, 0.3) is 0 Å². The van der Waals surface area contributed by atoms with Gasteiger partial charge >= 0.3 is 0 Å². The Labute approximate surface area is 111 Å². The third kappa shape index (κ3) is 2.03. The van der Waals surface area contributed by atoms with Crippen molar-refractivity contribution in [3.63, 3.8) is 0 Å². The van der Waals surface area contributed by atoms with Crippen molar-refractivity contribution in [2.45, 2.75) is 58.5 Å². The third-order valence-corrected chi connectivity index (χ3v) is 4.50. The van der Waals surface area contributed by atoms with E-state index in [9.17, 15) is 0 Å². The number of rotatable bonds is 3. The average molecular weight is 246 g/mol. The lowest BCUT2D eigenvalue weighted by molar-refractivity contribution is 0.452. The fourth-order valence-corrected chi connectivity index (χ4v) is 3.07. The predicted molar refractivity (Wildman–Crippen MR) is 79.2 cm³/mol. The van der Waals surface area contributed by atoms with Gasteiger partial charge in [0.2, 0.25) is 0 Å². The molecule has 2 heteroatoms. The van der Waals surface area contributed by atoms with Crippen LogP contribution in [0.15, 0.2) is 18.2 Å². The average Bonchev–Trinajstić information content (AvgIpc) is 2.63. The number of anilines is 1. The minimum absolute atomic E-state index is 0.0647. The van der Waals surface area contributed by atoms with Crippen molar-refractivity contribution in [2.24, 2.45) is 5.73 Å². The molecule has 100 valence electrons. The molecule has 0 radical (unpaired) electrons. The van der Waals surface area contributed by atoms with Gasteiger partial charge in [-0.25, -0.2) is 0 Å². The number of aryl methyl sites for hydroxylation is 2. The maximum atomic E-state index is 6.28. The molecule has 1 aliphatic rings. The first-order chi connectivity index (χ1) is 8.52. The molecule has 1 fully saturated rings. The monoisotopic (exact) mass is 246 g/mol. The Morgan fingerprint density at radius 3 is 2.17 bits per heavy atom. The van der Waals surface area contributed by atoms with E-state index in [4.69, 9.17) is 5.73 Å². The van der Waals surface area contributed by atoms with Crippen molar-refractivity contribution in [1.29, 1.82) is 0 Å². The second-order valence-corrected chi connectivity index (χ2v) is 5.83. The van der Waals surface area contributed by atoms with Crippen LogP contribution < -0.4 is 10.6 Å². The Kier molecular flexibility index (Phi) is 3.67. The molecule has 1 aromatic carbocycles. The van der Waals surface area contributed by atoms with Gasteiger partial charge in [0.05, 0.1) is 0 Å². The summed E-state index contributed by atoms with van der Waals surface area (Å²) in [6.07, 6.45) is 3.27. The fraction of sp³-hybridized carbons (Fsp3) is 0.625. The maximum Gasteiger partial charge on any atom is 0.0497 e. The van der Waals surface area contributed by atoms with Crippen LogP contribution in [-0.2, 0) is 12.8 Å². The maximum absolute atomic E-state index is 6.28. The molecule has 1 saturated heterocycles. The van der Waals surface area contributed by atoms with Gasteiger partial charge in [-0.1, -0.05) is 32.0 Å². The highest BCUT2D eigenvalue weighted by molar-refractivity contribution is 5.62. The molecule has 0 amide bonds. The summed E-state index contributed by atoms with van der Waals surface area (Å²) >= 11 is 0. The topological polar surface area (TPSA) is 29.3 Å². The summed E-state index contributed by atoms with van der Waals surface area (Å²) in [5.74, 6) is 0. The minimum Gasteiger partial charge on any atom is -0.364 e. The van der Waals surface area contributed by atoms with E-state index < -0.39 is 0 Å². The van der Waals surface area contributed by atoms with E-state index in [0.717, 1.165) is 25.8 Å². The molecule has 0 spiro atoms. The van der Waals surface area contributed by atoms with Gasteiger partial charge in [0.1, 0.15) is 0 Å². The predicted octanol–water partition coefficient (Wildman–Crippen LogP) is 3.13. The lowest BCUT2D eigenvalue weighted by Crippen LogP contribution is -2.49. The Morgan fingerprint density at radius 1 is 1.22 bits per heavy atom. The molecule has 1 aliphatic heterocycles. The number of para-hydroxylation sites is 1. The SMILES string of the molecule is CCc1cccc(CC)c1N1CCC(N)C1(C)C. The summed E-state index contributed by atoms with van der Waals surface area (Å²) in [5.41, 5.74) is 10.7. The Morgan fingerprint density at radius 2 is 1.78 bits per heavy atom. The summed E-state index contributed by atoms with van der Waals surface area (Å²) in [6, 6.07) is 6.97. The van der Waals surface area contributed by atoms with Gasteiger partial charge in [-0.15, -0.1) is 0 Å². The molecule has 1 aromatic rings. The Hall–Kier alpha value is -1.02. The van der Waals surface area contributed by atoms with E-state index in [0.29, 0.717) is 0 Å². The number of nitrogens with two attached hydrogens (primary N) is 1. The van der Waals surface area contributed by atoms with E-state index >= 15 is 0 Å². The van der Waals surface area contributed by atoms with Crippen LogP contribution in [0.4, 0.5) is 5.69 Å². The van der Waals surface area contributed by atoms with Gasteiger partial charge in [0, 0.05) is 23.8 Å². The van der Waals surface area contributed by atoms with Gasteiger partial charge < -0.3 is 10.6 Å². The van der Waals surface area contributed by atoms with Crippen molar-refractivity contribution >= 4 is 5.69 Å². The molecule has 2 N–H and O–H groups in total. The van der Waals surface area contributed by atoms with Crippen LogP contribution in [0.1, 0.15) is 45.2 Å².